The van der Waals surface area contributed by atoms with E-state index in [1.54, 1.807) is 6.08 Å². The molecule has 92 valence electrons. The van der Waals surface area contributed by atoms with Crippen LogP contribution in [0.2, 0.25) is 0 Å². The van der Waals surface area contributed by atoms with Crippen LogP contribution < -0.4 is 5.56 Å². The number of aliphatic hydroxyl groups excluding tert-OH is 1. The summed E-state index contributed by atoms with van der Waals surface area (Å²) in [4.78, 5) is 16.4. The molecule has 1 aromatic carbocycles. The predicted octanol–water partition coefficient (Wildman–Crippen LogP) is 1.59. The lowest BCUT2D eigenvalue weighted by Gasteiger charge is -2.11. The number of aromatic nitrogens is 2. The molecule has 0 fully saturated rings. The molecule has 0 radical (unpaired) electrons. The van der Waals surface area contributed by atoms with Gasteiger partial charge in [-0.2, -0.15) is 0 Å². The van der Waals surface area contributed by atoms with E-state index in [1.807, 2.05) is 30.3 Å². The van der Waals surface area contributed by atoms with Crippen molar-refractivity contribution < 1.29 is 5.11 Å². The van der Waals surface area contributed by atoms with E-state index in [1.165, 1.54) is 10.8 Å². The maximum Gasteiger partial charge on any atom is 0.259 e. The van der Waals surface area contributed by atoms with Crippen LogP contribution in [0.5, 0.6) is 0 Å². The molecule has 0 amide bonds. The lowest BCUT2D eigenvalue weighted by Crippen LogP contribution is -2.26. The van der Waals surface area contributed by atoms with Gasteiger partial charge in [0, 0.05) is 18.3 Å². The first kappa shape index (κ1) is 12.3. The fraction of sp³-hybridized carbons (Fsp3) is 0.143. The van der Waals surface area contributed by atoms with E-state index in [0.29, 0.717) is 12.4 Å². The van der Waals surface area contributed by atoms with Gasteiger partial charge in [0.2, 0.25) is 0 Å². The number of benzene rings is 1. The summed E-state index contributed by atoms with van der Waals surface area (Å²) in [5.74, 6) is 0.581. The Morgan fingerprint density at radius 1 is 1.33 bits per heavy atom. The van der Waals surface area contributed by atoms with E-state index in [2.05, 4.69) is 11.6 Å². The average molecular weight is 242 g/mol. The highest BCUT2D eigenvalue weighted by Crippen LogP contribution is 2.15. The van der Waals surface area contributed by atoms with Crippen LogP contribution in [0.25, 0.3) is 11.4 Å². The normalized spacial score (nSPS) is 10.3. The van der Waals surface area contributed by atoms with Gasteiger partial charge >= 0.3 is 0 Å². The Morgan fingerprint density at radius 3 is 2.67 bits per heavy atom. The molecule has 4 nitrogen and oxygen atoms in total. The van der Waals surface area contributed by atoms with Crippen molar-refractivity contribution in [3.63, 3.8) is 0 Å². The summed E-state index contributed by atoms with van der Waals surface area (Å²) in [6, 6.07) is 9.46. The van der Waals surface area contributed by atoms with Crippen molar-refractivity contribution in [2.24, 2.45) is 0 Å². The second kappa shape index (κ2) is 5.42. The largest absolute Gasteiger partial charge is 0.391 e. The van der Waals surface area contributed by atoms with Crippen molar-refractivity contribution >= 4 is 0 Å². The Labute approximate surface area is 105 Å². The van der Waals surface area contributed by atoms with Gasteiger partial charge in [-0.1, -0.05) is 36.4 Å². The number of nitrogens with zero attached hydrogens (tertiary/aromatic N) is 2. The molecule has 0 spiro atoms. The fourth-order valence-corrected chi connectivity index (χ4v) is 1.76. The van der Waals surface area contributed by atoms with E-state index in [0.717, 1.165) is 5.56 Å². The molecule has 1 heterocycles. The zero-order chi connectivity index (χ0) is 13.0. The number of aliphatic hydroxyl groups is 1. The summed E-state index contributed by atoms with van der Waals surface area (Å²) >= 11 is 0. The standard InChI is InChI=1S/C14H14N2O2/c1-2-8-16-13(11-6-4-3-5-7-11)15-9-12(10-17)14(16)18/h2-7,9,17H,1,8,10H2. The van der Waals surface area contributed by atoms with E-state index in [-0.39, 0.29) is 17.7 Å². The van der Waals surface area contributed by atoms with Crippen LogP contribution in [0.4, 0.5) is 0 Å². The molecule has 1 aromatic heterocycles. The van der Waals surface area contributed by atoms with Gasteiger partial charge in [-0.25, -0.2) is 4.98 Å². The Kier molecular flexibility index (Phi) is 3.69. The number of hydrogen-bond acceptors (Lipinski definition) is 3. The molecule has 4 heteroatoms. The monoisotopic (exact) mass is 242 g/mol. The first-order valence-corrected chi connectivity index (χ1v) is 5.64. The van der Waals surface area contributed by atoms with Crippen molar-refractivity contribution in [1.82, 2.24) is 9.55 Å². The minimum absolute atomic E-state index is 0.230. The third-order valence-electron chi connectivity index (χ3n) is 2.63. The Bertz CT molecular complexity index is 603. The summed E-state index contributed by atoms with van der Waals surface area (Å²) in [6.45, 7) is 3.69. The zero-order valence-corrected chi connectivity index (χ0v) is 9.91. The van der Waals surface area contributed by atoms with Crippen molar-refractivity contribution in [3.8, 4) is 11.4 Å². The third kappa shape index (κ3) is 2.24. The minimum Gasteiger partial charge on any atom is -0.391 e. The summed E-state index contributed by atoms with van der Waals surface area (Å²) < 4.78 is 1.51. The molecule has 18 heavy (non-hydrogen) atoms. The van der Waals surface area contributed by atoms with Gasteiger partial charge in [-0.15, -0.1) is 6.58 Å². The van der Waals surface area contributed by atoms with Crippen LogP contribution in [0.1, 0.15) is 5.56 Å². The van der Waals surface area contributed by atoms with Gasteiger partial charge in [0.1, 0.15) is 5.82 Å². The number of allylic oxidation sites excluding steroid dienone is 1. The van der Waals surface area contributed by atoms with Crippen LogP contribution in [0.3, 0.4) is 0 Å². The number of rotatable bonds is 4. The second-order valence-electron chi connectivity index (χ2n) is 3.84. The van der Waals surface area contributed by atoms with Gasteiger partial charge in [-0.3, -0.25) is 9.36 Å². The van der Waals surface area contributed by atoms with E-state index < -0.39 is 0 Å². The second-order valence-corrected chi connectivity index (χ2v) is 3.84. The summed E-state index contributed by atoms with van der Waals surface area (Å²) in [7, 11) is 0. The van der Waals surface area contributed by atoms with Crippen molar-refractivity contribution in [3.05, 3.63) is 65.1 Å². The molecule has 0 unspecified atom stereocenters. The molecule has 0 aliphatic rings. The molecular formula is C14H14N2O2. The highest BCUT2D eigenvalue weighted by Gasteiger charge is 2.10. The molecule has 0 bridgehead atoms. The van der Waals surface area contributed by atoms with Gasteiger partial charge < -0.3 is 5.11 Å². The van der Waals surface area contributed by atoms with Crippen LogP contribution in [-0.2, 0) is 13.2 Å². The number of hydrogen-bond donors (Lipinski definition) is 1. The lowest BCUT2D eigenvalue weighted by molar-refractivity contribution is 0.278. The molecule has 0 aliphatic heterocycles. The Morgan fingerprint density at radius 2 is 2.06 bits per heavy atom. The Balaban J connectivity index is 2.64. The molecule has 2 aromatic rings. The summed E-state index contributed by atoms with van der Waals surface area (Å²) in [5, 5.41) is 9.09. The third-order valence-corrected chi connectivity index (χ3v) is 2.63. The first-order valence-electron chi connectivity index (χ1n) is 5.64. The van der Waals surface area contributed by atoms with Gasteiger partial charge in [0.15, 0.2) is 0 Å². The molecule has 0 saturated carbocycles. The predicted molar refractivity (Wildman–Crippen MR) is 70.1 cm³/mol. The fourth-order valence-electron chi connectivity index (χ4n) is 1.76. The maximum absolute atomic E-state index is 12.1. The lowest BCUT2D eigenvalue weighted by atomic mass is 10.2. The Hall–Kier alpha value is -2.20. The van der Waals surface area contributed by atoms with Crippen molar-refractivity contribution in [2.45, 2.75) is 13.2 Å². The SMILES string of the molecule is C=CCn1c(-c2ccccc2)ncc(CO)c1=O. The molecule has 1 N–H and O–H groups in total. The molecule has 0 atom stereocenters. The summed E-state index contributed by atoms with van der Waals surface area (Å²) in [5.41, 5.74) is 0.920. The van der Waals surface area contributed by atoms with E-state index in [4.69, 9.17) is 5.11 Å². The highest BCUT2D eigenvalue weighted by atomic mass is 16.3. The van der Waals surface area contributed by atoms with E-state index in [9.17, 15) is 4.79 Å². The molecular weight excluding hydrogens is 228 g/mol. The zero-order valence-electron chi connectivity index (χ0n) is 9.91. The minimum atomic E-state index is -0.307. The van der Waals surface area contributed by atoms with Crippen LogP contribution in [-0.4, -0.2) is 14.7 Å². The molecule has 0 saturated heterocycles. The average Bonchev–Trinajstić information content (AvgIpc) is 2.42. The summed E-state index contributed by atoms with van der Waals surface area (Å²) in [6.07, 6.45) is 3.06. The van der Waals surface area contributed by atoms with Crippen LogP contribution >= 0.6 is 0 Å². The van der Waals surface area contributed by atoms with Gasteiger partial charge in [-0.05, 0) is 0 Å². The van der Waals surface area contributed by atoms with E-state index >= 15 is 0 Å². The topological polar surface area (TPSA) is 55.1 Å². The quantitative estimate of drug-likeness (QED) is 0.828. The highest BCUT2D eigenvalue weighted by molar-refractivity contribution is 5.55. The molecule has 0 aliphatic carbocycles. The molecule has 2 rings (SSSR count). The van der Waals surface area contributed by atoms with Crippen LogP contribution in [0.15, 0.2) is 54.0 Å². The maximum atomic E-state index is 12.1. The van der Waals surface area contributed by atoms with Gasteiger partial charge in [0.05, 0.1) is 12.2 Å². The van der Waals surface area contributed by atoms with Crippen molar-refractivity contribution in [2.75, 3.05) is 0 Å². The first-order chi connectivity index (χ1) is 8.77. The van der Waals surface area contributed by atoms with Gasteiger partial charge in [0.25, 0.3) is 5.56 Å². The van der Waals surface area contributed by atoms with Crippen LogP contribution in [0, 0.1) is 0 Å². The smallest absolute Gasteiger partial charge is 0.259 e. The van der Waals surface area contributed by atoms with Crippen molar-refractivity contribution in [1.29, 1.82) is 0 Å².